The average molecular weight is 341 g/mol. The quantitative estimate of drug-likeness (QED) is 0.898. The van der Waals surface area contributed by atoms with Gasteiger partial charge < -0.3 is 15.2 Å². The molecule has 0 aliphatic carbocycles. The molecule has 0 bridgehead atoms. The van der Waals surface area contributed by atoms with E-state index in [2.05, 4.69) is 29.0 Å². The van der Waals surface area contributed by atoms with Crippen molar-refractivity contribution < 1.29 is 4.79 Å². The summed E-state index contributed by atoms with van der Waals surface area (Å²) in [5.74, 6) is 1.17. The third kappa shape index (κ3) is 4.28. The van der Waals surface area contributed by atoms with E-state index >= 15 is 0 Å². The molecule has 5 heteroatoms. The molecule has 0 saturated carbocycles. The zero-order valence-electron chi connectivity index (χ0n) is 15.2. The van der Waals surface area contributed by atoms with Crippen LogP contribution in [0, 0.1) is 11.8 Å². The van der Waals surface area contributed by atoms with Crippen LogP contribution in [0.5, 0.6) is 0 Å². The average Bonchev–Trinajstić information content (AvgIpc) is 2.53. The molecule has 0 radical (unpaired) electrons. The smallest absolute Gasteiger partial charge is 0.268 e. The van der Waals surface area contributed by atoms with Crippen molar-refractivity contribution in [3.63, 3.8) is 0 Å². The lowest BCUT2D eigenvalue weighted by atomic mass is 9.92. The Kier molecular flexibility index (Phi) is 5.23. The van der Waals surface area contributed by atoms with Crippen molar-refractivity contribution in [2.24, 2.45) is 11.8 Å². The van der Waals surface area contributed by atoms with Crippen LogP contribution in [-0.2, 0) is 0 Å². The Morgan fingerprint density at radius 1 is 1.28 bits per heavy atom. The Labute approximate surface area is 148 Å². The highest BCUT2D eigenvalue weighted by atomic mass is 16.2. The van der Waals surface area contributed by atoms with Crippen LogP contribution < -0.4 is 10.9 Å². The number of piperidine rings is 1. The highest BCUT2D eigenvalue weighted by molar-refractivity contribution is 5.96. The second-order valence-electron chi connectivity index (χ2n) is 7.64. The molecule has 1 amide bonds. The van der Waals surface area contributed by atoms with E-state index in [9.17, 15) is 9.59 Å². The van der Waals surface area contributed by atoms with Gasteiger partial charge in [-0.05, 0) is 42.7 Å². The predicted molar refractivity (Wildman–Crippen MR) is 101 cm³/mol. The number of aromatic amines is 1. The maximum absolute atomic E-state index is 12.5. The summed E-state index contributed by atoms with van der Waals surface area (Å²) in [5, 5.41) is 4.39. The van der Waals surface area contributed by atoms with Crippen molar-refractivity contribution in [1.29, 1.82) is 0 Å². The molecule has 1 saturated heterocycles. The number of pyridine rings is 1. The van der Waals surface area contributed by atoms with E-state index < -0.39 is 0 Å². The van der Waals surface area contributed by atoms with Crippen LogP contribution in [0.2, 0.25) is 0 Å². The van der Waals surface area contributed by atoms with E-state index in [1.807, 2.05) is 25.1 Å². The van der Waals surface area contributed by atoms with E-state index in [0.29, 0.717) is 22.9 Å². The Bertz CT molecular complexity index is 804. The summed E-state index contributed by atoms with van der Waals surface area (Å²) in [4.78, 5) is 29.8. The molecule has 1 aliphatic heterocycles. The SMILES string of the molecule is C[C@@H]1C[C@@H](C)CN(C[C@@H](C)NC(=O)c2cc3ccccc3c(=O)[nH]2)C1. The van der Waals surface area contributed by atoms with Crippen molar-refractivity contribution in [1.82, 2.24) is 15.2 Å². The Morgan fingerprint density at radius 3 is 2.68 bits per heavy atom. The lowest BCUT2D eigenvalue weighted by molar-refractivity contribution is 0.0900. The van der Waals surface area contributed by atoms with Crippen molar-refractivity contribution in [2.45, 2.75) is 33.2 Å². The zero-order valence-corrected chi connectivity index (χ0v) is 15.2. The molecule has 5 nitrogen and oxygen atoms in total. The second-order valence-corrected chi connectivity index (χ2v) is 7.64. The molecule has 25 heavy (non-hydrogen) atoms. The van der Waals surface area contributed by atoms with Gasteiger partial charge in [0.1, 0.15) is 5.69 Å². The molecule has 134 valence electrons. The van der Waals surface area contributed by atoms with Crippen LogP contribution in [0.4, 0.5) is 0 Å². The van der Waals surface area contributed by atoms with E-state index in [0.717, 1.165) is 25.0 Å². The van der Waals surface area contributed by atoms with Crippen LogP contribution in [-0.4, -0.2) is 41.5 Å². The van der Waals surface area contributed by atoms with E-state index in [-0.39, 0.29) is 17.5 Å². The normalized spacial score (nSPS) is 22.7. The number of carbonyl (C=O) groups is 1. The van der Waals surface area contributed by atoms with Crippen LogP contribution in [0.3, 0.4) is 0 Å². The number of hydrogen-bond acceptors (Lipinski definition) is 3. The maximum atomic E-state index is 12.5. The van der Waals surface area contributed by atoms with Crippen LogP contribution in [0.1, 0.15) is 37.7 Å². The number of likely N-dealkylation sites (tertiary alicyclic amines) is 1. The Hall–Kier alpha value is -2.14. The maximum Gasteiger partial charge on any atom is 0.268 e. The molecule has 1 aliphatic rings. The Morgan fingerprint density at radius 2 is 1.96 bits per heavy atom. The number of nitrogens with one attached hydrogen (secondary N) is 2. The van der Waals surface area contributed by atoms with Gasteiger partial charge in [-0.15, -0.1) is 0 Å². The molecule has 3 rings (SSSR count). The first-order chi connectivity index (χ1) is 11.9. The van der Waals surface area contributed by atoms with Crippen LogP contribution in [0.25, 0.3) is 10.8 Å². The molecule has 1 fully saturated rings. The molecule has 3 atom stereocenters. The second kappa shape index (κ2) is 7.40. The monoisotopic (exact) mass is 341 g/mol. The van der Waals surface area contributed by atoms with Crippen LogP contribution >= 0.6 is 0 Å². The topological polar surface area (TPSA) is 65.2 Å². The van der Waals surface area contributed by atoms with E-state index in [4.69, 9.17) is 0 Å². The molecule has 0 spiro atoms. The minimum atomic E-state index is -0.228. The third-order valence-electron chi connectivity index (χ3n) is 4.85. The number of hydrogen-bond donors (Lipinski definition) is 2. The fourth-order valence-corrected chi connectivity index (χ4v) is 4.01. The number of amides is 1. The number of nitrogens with zero attached hydrogens (tertiary/aromatic N) is 1. The fourth-order valence-electron chi connectivity index (χ4n) is 4.01. The summed E-state index contributed by atoms with van der Waals surface area (Å²) >= 11 is 0. The van der Waals surface area contributed by atoms with Gasteiger partial charge >= 0.3 is 0 Å². The first-order valence-electron chi connectivity index (χ1n) is 9.07. The minimum Gasteiger partial charge on any atom is -0.347 e. The van der Waals surface area contributed by atoms with Crippen molar-refractivity contribution in [3.05, 3.63) is 46.4 Å². The van der Waals surface area contributed by atoms with Crippen molar-refractivity contribution in [3.8, 4) is 0 Å². The van der Waals surface area contributed by atoms with Gasteiger partial charge in [0.2, 0.25) is 0 Å². The highest BCUT2D eigenvalue weighted by Crippen LogP contribution is 2.20. The van der Waals surface area contributed by atoms with E-state index in [1.165, 1.54) is 6.42 Å². The van der Waals surface area contributed by atoms with Gasteiger partial charge in [-0.25, -0.2) is 0 Å². The molecule has 0 unspecified atom stereocenters. The number of fused-ring (bicyclic) bond motifs is 1. The standard InChI is InChI=1S/C20H27N3O2/c1-13-8-14(2)11-23(10-13)12-15(3)21-20(25)18-9-16-6-4-5-7-17(16)19(24)22-18/h4-7,9,13-15H,8,10-12H2,1-3H3,(H,21,25)(H,22,24)/t13-,14-,15-/m1/s1. The summed E-state index contributed by atoms with van der Waals surface area (Å²) in [7, 11) is 0. The summed E-state index contributed by atoms with van der Waals surface area (Å²) in [6.07, 6.45) is 1.27. The summed E-state index contributed by atoms with van der Waals surface area (Å²) < 4.78 is 0. The molecule has 2 heterocycles. The number of benzene rings is 1. The van der Waals surface area contributed by atoms with Gasteiger partial charge in [-0.2, -0.15) is 0 Å². The molecule has 1 aromatic heterocycles. The van der Waals surface area contributed by atoms with Gasteiger partial charge in [0.05, 0.1) is 0 Å². The molecule has 1 aromatic carbocycles. The van der Waals surface area contributed by atoms with Gasteiger partial charge in [0, 0.05) is 31.1 Å². The lowest BCUT2D eigenvalue weighted by Crippen LogP contribution is -2.47. The first kappa shape index (κ1) is 17.7. The highest BCUT2D eigenvalue weighted by Gasteiger charge is 2.23. The summed E-state index contributed by atoms with van der Waals surface area (Å²) in [6, 6.07) is 9.06. The van der Waals surface area contributed by atoms with Gasteiger partial charge in [-0.1, -0.05) is 32.0 Å². The number of H-pyrrole nitrogens is 1. The fraction of sp³-hybridized carbons (Fsp3) is 0.500. The van der Waals surface area contributed by atoms with Crippen molar-refractivity contribution in [2.75, 3.05) is 19.6 Å². The molecule has 2 aromatic rings. The minimum absolute atomic E-state index is 0.0278. The number of carbonyl (C=O) groups excluding carboxylic acids is 1. The predicted octanol–water partition coefficient (Wildman–Crippen LogP) is 2.62. The molecular formula is C20H27N3O2. The zero-order chi connectivity index (χ0) is 18.0. The van der Waals surface area contributed by atoms with Crippen LogP contribution in [0.15, 0.2) is 35.1 Å². The Balaban J connectivity index is 1.66. The molecular weight excluding hydrogens is 314 g/mol. The van der Waals surface area contributed by atoms with E-state index in [1.54, 1.807) is 12.1 Å². The number of aromatic nitrogens is 1. The van der Waals surface area contributed by atoms with Gasteiger partial charge in [-0.3, -0.25) is 9.59 Å². The number of rotatable bonds is 4. The van der Waals surface area contributed by atoms with Gasteiger partial charge in [0.15, 0.2) is 0 Å². The molecule has 2 N–H and O–H groups in total. The first-order valence-corrected chi connectivity index (χ1v) is 9.07. The van der Waals surface area contributed by atoms with Gasteiger partial charge in [0.25, 0.3) is 11.5 Å². The summed E-state index contributed by atoms with van der Waals surface area (Å²) in [5.41, 5.74) is 0.0884. The summed E-state index contributed by atoms with van der Waals surface area (Å²) in [6.45, 7) is 9.57. The largest absolute Gasteiger partial charge is 0.347 e. The van der Waals surface area contributed by atoms with Crippen molar-refractivity contribution >= 4 is 16.7 Å². The third-order valence-corrected chi connectivity index (χ3v) is 4.85. The lowest BCUT2D eigenvalue weighted by Gasteiger charge is -2.36.